The summed E-state index contributed by atoms with van der Waals surface area (Å²) in [4.78, 5) is 12.1. The van der Waals surface area contributed by atoms with E-state index in [1.165, 1.54) is 0 Å². The first-order chi connectivity index (χ1) is 9.71. The summed E-state index contributed by atoms with van der Waals surface area (Å²) in [6.45, 7) is 1.96. The quantitative estimate of drug-likeness (QED) is 0.794. The number of aryl methyl sites for hydroxylation is 1. The van der Waals surface area contributed by atoms with Gasteiger partial charge in [0.15, 0.2) is 11.5 Å². The van der Waals surface area contributed by atoms with Gasteiger partial charge in [-0.3, -0.25) is 4.98 Å². The molecular weight excluding hydrogens is 254 g/mol. The van der Waals surface area contributed by atoms with Crippen LogP contribution in [-0.2, 0) is 0 Å². The molecule has 0 aliphatic carbocycles. The van der Waals surface area contributed by atoms with Crippen LogP contribution in [-0.4, -0.2) is 29.2 Å². The number of imidazole rings is 1. The predicted molar refractivity (Wildman–Crippen MR) is 77.2 cm³/mol. The van der Waals surface area contributed by atoms with Crippen molar-refractivity contribution in [3.63, 3.8) is 0 Å². The van der Waals surface area contributed by atoms with E-state index in [-0.39, 0.29) is 0 Å². The zero-order valence-corrected chi connectivity index (χ0v) is 11.6. The topological polar surface area (TPSA) is 60.0 Å². The van der Waals surface area contributed by atoms with Crippen LogP contribution in [0.1, 0.15) is 5.69 Å². The number of aromatic amines is 1. The summed E-state index contributed by atoms with van der Waals surface area (Å²) in [5.74, 6) is 2.13. The fourth-order valence-electron chi connectivity index (χ4n) is 2.08. The summed E-state index contributed by atoms with van der Waals surface area (Å²) in [5.41, 5.74) is 3.66. The Morgan fingerprint density at radius 2 is 1.80 bits per heavy atom. The minimum atomic E-state index is 0.667. The molecule has 0 amide bonds. The molecule has 0 spiro atoms. The van der Waals surface area contributed by atoms with E-state index in [4.69, 9.17) is 9.47 Å². The van der Waals surface area contributed by atoms with Gasteiger partial charge in [-0.15, -0.1) is 0 Å². The van der Waals surface area contributed by atoms with E-state index in [0.29, 0.717) is 11.5 Å². The van der Waals surface area contributed by atoms with Gasteiger partial charge < -0.3 is 14.5 Å². The van der Waals surface area contributed by atoms with E-state index in [0.717, 1.165) is 28.1 Å². The van der Waals surface area contributed by atoms with Gasteiger partial charge in [0.2, 0.25) is 0 Å². The van der Waals surface area contributed by atoms with Crippen LogP contribution in [0.15, 0.2) is 30.5 Å². The fourth-order valence-corrected chi connectivity index (χ4v) is 2.08. The lowest BCUT2D eigenvalue weighted by molar-refractivity contribution is 0.356. The number of pyridine rings is 1. The molecule has 1 aromatic carbocycles. The van der Waals surface area contributed by atoms with Crippen molar-refractivity contribution in [1.82, 2.24) is 15.0 Å². The molecule has 5 nitrogen and oxygen atoms in total. The minimum absolute atomic E-state index is 0.667. The number of nitrogens with zero attached hydrogens (tertiary/aromatic N) is 2. The number of ether oxygens (including phenoxy) is 2. The van der Waals surface area contributed by atoms with Gasteiger partial charge >= 0.3 is 0 Å². The van der Waals surface area contributed by atoms with Gasteiger partial charge in [0, 0.05) is 29.6 Å². The van der Waals surface area contributed by atoms with E-state index in [2.05, 4.69) is 15.0 Å². The smallest absolute Gasteiger partial charge is 0.163 e. The second kappa shape index (κ2) is 4.85. The molecular formula is C15H15N3O2. The normalized spacial score (nSPS) is 10.8. The molecule has 3 rings (SSSR count). The van der Waals surface area contributed by atoms with Crippen molar-refractivity contribution in [2.45, 2.75) is 6.92 Å². The van der Waals surface area contributed by atoms with Crippen LogP contribution >= 0.6 is 0 Å². The average molecular weight is 269 g/mol. The number of aromatic nitrogens is 3. The van der Waals surface area contributed by atoms with Gasteiger partial charge in [-0.1, -0.05) is 0 Å². The van der Waals surface area contributed by atoms with Crippen LogP contribution in [0.25, 0.3) is 22.4 Å². The summed E-state index contributed by atoms with van der Waals surface area (Å²) < 4.78 is 10.6. The molecule has 2 aromatic heterocycles. The first kappa shape index (κ1) is 12.5. The van der Waals surface area contributed by atoms with E-state index in [9.17, 15) is 0 Å². The Hall–Kier alpha value is -2.56. The van der Waals surface area contributed by atoms with Crippen molar-refractivity contribution in [3.05, 3.63) is 36.2 Å². The lowest BCUT2D eigenvalue weighted by Gasteiger charge is -2.06. The average Bonchev–Trinajstić information content (AvgIpc) is 2.89. The summed E-state index contributed by atoms with van der Waals surface area (Å²) in [6.07, 6.45) is 1.81. The highest BCUT2D eigenvalue weighted by Crippen LogP contribution is 2.32. The Morgan fingerprint density at radius 1 is 1.05 bits per heavy atom. The van der Waals surface area contributed by atoms with E-state index in [1.54, 1.807) is 14.2 Å². The van der Waals surface area contributed by atoms with Gasteiger partial charge in [0.1, 0.15) is 5.82 Å². The number of methoxy groups -OCH3 is 2. The number of nitrogens with one attached hydrogen (secondary N) is 1. The molecule has 3 aromatic rings. The molecule has 0 radical (unpaired) electrons. The van der Waals surface area contributed by atoms with Crippen LogP contribution in [0, 0.1) is 6.92 Å². The molecule has 0 saturated heterocycles. The molecule has 0 fully saturated rings. The third-order valence-electron chi connectivity index (χ3n) is 3.17. The lowest BCUT2D eigenvalue weighted by atomic mass is 10.2. The van der Waals surface area contributed by atoms with Gasteiger partial charge in [-0.25, -0.2) is 4.98 Å². The Morgan fingerprint density at radius 3 is 2.45 bits per heavy atom. The maximum absolute atomic E-state index is 5.29. The van der Waals surface area contributed by atoms with Gasteiger partial charge in [0.25, 0.3) is 0 Å². The molecule has 1 N–H and O–H groups in total. The highest BCUT2D eigenvalue weighted by atomic mass is 16.5. The number of rotatable bonds is 3. The number of hydrogen-bond donors (Lipinski definition) is 1. The number of fused-ring (bicyclic) bond motifs is 1. The Bertz CT molecular complexity index is 707. The number of H-pyrrole nitrogens is 1. The Labute approximate surface area is 116 Å². The third-order valence-corrected chi connectivity index (χ3v) is 3.17. The van der Waals surface area contributed by atoms with Crippen LogP contribution in [0.3, 0.4) is 0 Å². The standard InChI is InChI=1S/C15H15N3O2/c1-9-4-5-10(8-16-9)15-17-11-6-13(19-2)14(20-3)7-12(11)18-15/h4-8H,1-3H3,(H,17,18). The molecule has 0 aliphatic heterocycles. The maximum atomic E-state index is 5.29. The SMILES string of the molecule is COc1cc2nc(-c3ccc(C)nc3)[nH]c2cc1OC. The van der Waals surface area contributed by atoms with Crippen molar-refractivity contribution >= 4 is 11.0 Å². The van der Waals surface area contributed by atoms with Crippen LogP contribution < -0.4 is 9.47 Å². The predicted octanol–water partition coefficient (Wildman–Crippen LogP) is 2.95. The molecule has 0 aliphatic rings. The van der Waals surface area contributed by atoms with Gasteiger partial charge in [-0.2, -0.15) is 0 Å². The van der Waals surface area contributed by atoms with E-state index < -0.39 is 0 Å². The summed E-state index contributed by atoms with van der Waals surface area (Å²) >= 11 is 0. The third kappa shape index (κ3) is 2.07. The van der Waals surface area contributed by atoms with Crippen LogP contribution in [0.4, 0.5) is 0 Å². The molecule has 0 atom stereocenters. The molecule has 2 heterocycles. The monoisotopic (exact) mass is 269 g/mol. The summed E-state index contributed by atoms with van der Waals surface area (Å²) in [6, 6.07) is 7.69. The van der Waals surface area contributed by atoms with Crippen LogP contribution in [0.2, 0.25) is 0 Å². The van der Waals surface area contributed by atoms with E-state index in [1.807, 2.05) is 37.4 Å². The van der Waals surface area contributed by atoms with Crippen molar-refractivity contribution in [1.29, 1.82) is 0 Å². The molecule has 5 heteroatoms. The zero-order chi connectivity index (χ0) is 14.1. The molecule has 0 bridgehead atoms. The van der Waals surface area contributed by atoms with Gasteiger partial charge in [-0.05, 0) is 19.1 Å². The van der Waals surface area contributed by atoms with Crippen molar-refractivity contribution < 1.29 is 9.47 Å². The Balaban J connectivity index is 2.12. The molecule has 0 saturated carbocycles. The first-order valence-electron chi connectivity index (χ1n) is 6.26. The maximum Gasteiger partial charge on any atom is 0.163 e. The fraction of sp³-hybridized carbons (Fsp3) is 0.200. The number of benzene rings is 1. The lowest BCUT2D eigenvalue weighted by Crippen LogP contribution is -1.89. The van der Waals surface area contributed by atoms with Crippen molar-refractivity contribution in [2.24, 2.45) is 0 Å². The summed E-state index contributed by atoms with van der Waals surface area (Å²) in [5, 5.41) is 0. The zero-order valence-electron chi connectivity index (χ0n) is 11.6. The highest BCUT2D eigenvalue weighted by molar-refractivity contribution is 5.82. The van der Waals surface area contributed by atoms with Crippen molar-refractivity contribution in [3.8, 4) is 22.9 Å². The number of hydrogen-bond acceptors (Lipinski definition) is 4. The largest absolute Gasteiger partial charge is 0.493 e. The second-order valence-electron chi connectivity index (χ2n) is 4.50. The van der Waals surface area contributed by atoms with Crippen LogP contribution in [0.5, 0.6) is 11.5 Å². The highest BCUT2D eigenvalue weighted by Gasteiger charge is 2.11. The Kier molecular flexibility index (Phi) is 3.02. The van der Waals surface area contributed by atoms with Gasteiger partial charge in [0.05, 0.1) is 25.3 Å². The van der Waals surface area contributed by atoms with Crippen molar-refractivity contribution in [2.75, 3.05) is 14.2 Å². The van der Waals surface area contributed by atoms with E-state index >= 15 is 0 Å². The molecule has 0 unspecified atom stereocenters. The second-order valence-corrected chi connectivity index (χ2v) is 4.50. The summed E-state index contributed by atoms with van der Waals surface area (Å²) in [7, 11) is 3.23. The molecule has 20 heavy (non-hydrogen) atoms. The minimum Gasteiger partial charge on any atom is -0.493 e. The molecule has 102 valence electrons. The first-order valence-corrected chi connectivity index (χ1v) is 6.26.